The minimum atomic E-state index is -3.34. The third-order valence-corrected chi connectivity index (χ3v) is 6.48. The summed E-state index contributed by atoms with van der Waals surface area (Å²) in [5.41, 5.74) is 0. The molecule has 2 rings (SSSR count). The summed E-state index contributed by atoms with van der Waals surface area (Å²) in [4.78, 5) is 0. The van der Waals surface area contributed by atoms with Crippen LogP contribution in [0, 0.1) is 0 Å². The third-order valence-electron chi connectivity index (χ3n) is 2.41. The minimum Gasteiger partial charge on any atom is -0.378 e. The van der Waals surface area contributed by atoms with Crippen LogP contribution in [0.2, 0.25) is 0 Å². The Bertz CT molecular complexity index is 432. The van der Waals surface area contributed by atoms with Crippen molar-refractivity contribution in [2.75, 3.05) is 25.1 Å². The predicted octanol–water partition coefficient (Wildman–Crippen LogP) is 1.53. The van der Waals surface area contributed by atoms with Crippen LogP contribution in [0.25, 0.3) is 0 Å². The first-order chi connectivity index (χ1) is 7.66. The molecule has 0 saturated carbocycles. The fourth-order valence-electron chi connectivity index (χ4n) is 1.60. The second-order valence-electron chi connectivity index (χ2n) is 3.43. The van der Waals surface area contributed by atoms with Gasteiger partial charge in [-0.1, -0.05) is 22.0 Å². The molecule has 0 spiro atoms. The summed E-state index contributed by atoms with van der Waals surface area (Å²) in [7, 11) is -3.34. The van der Waals surface area contributed by atoms with Crippen LogP contribution in [0.1, 0.15) is 0 Å². The highest BCUT2D eigenvalue weighted by Gasteiger charge is 2.33. The molecule has 1 atom stereocenters. The highest BCUT2D eigenvalue weighted by molar-refractivity contribution is 9.09. The fourth-order valence-corrected chi connectivity index (χ4v) is 5.04. The van der Waals surface area contributed by atoms with Crippen LogP contribution in [0.5, 0.6) is 0 Å². The van der Waals surface area contributed by atoms with Crippen molar-refractivity contribution in [2.45, 2.75) is 10.3 Å². The number of hydrogen-bond acceptors (Lipinski definition) is 4. The molecule has 90 valence electrons. The van der Waals surface area contributed by atoms with Crippen molar-refractivity contribution in [3.63, 3.8) is 0 Å². The maximum Gasteiger partial charge on any atom is 0.252 e. The molecule has 1 aliphatic heterocycles. The molecule has 0 N–H and O–H groups in total. The number of hydrogen-bond donors (Lipinski definition) is 0. The number of rotatable bonds is 3. The first kappa shape index (κ1) is 12.5. The molecule has 7 heteroatoms. The second kappa shape index (κ2) is 5.14. The number of halogens is 1. The SMILES string of the molecule is O=S(=O)(c1cccs1)N1CCOCC1CBr. The van der Waals surface area contributed by atoms with Crippen LogP contribution < -0.4 is 0 Å². The van der Waals surface area contributed by atoms with E-state index in [9.17, 15) is 8.42 Å². The van der Waals surface area contributed by atoms with E-state index in [1.165, 1.54) is 15.6 Å². The van der Waals surface area contributed by atoms with Gasteiger partial charge in [0.05, 0.1) is 19.3 Å². The van der Waals surface area contributed by atoms with E-state index in [0.29, 0.717) is 29.3 Å². The number of sulfonamides is 1. The smallest absolute Gasteiger partial charge is 0.252 e. The molecule has 0 radical (unpaired) electrons. The second-order valence-corrected chi connectivity index (χ2v) is 7.14. The molecule has 1 aliphatic rings. The lowest BCUT2D eigenvalue weighted by atomic mass is 10.3. The number of alkyl halides is 1. The van der Waals surface area contributed by atoms with Gasteiger partial charge in [0.25, 0.3) is 10.0 Å². The van der Waals surface area contributed by atoms with Crippen molar-refractivity contribution in [3.8, 4) is 0 Å². The molecule has 2 heterocycles. The van der Waals surface area contributed by atoms with Gasteiger partial charge in [0.15, 0.2) is 0 Å². The predicted molar refractivity (Wildman–Crippen MR) is 66.6 cm³/mol. The van der Waals surface area contributed by atoms with Gasteiger partial charge in [-0.3, -0.25) is 0 Å². The molecular formula is C9H12BrNO3S2. The van der Waals surface area contributed by atoms with Gasteiger partial charge < -0.3 is 4.74 Å². The molecule has 0 amide bonds. The average molecular weight is 326 g/mol. The molecule has 1 unspecified atom stereocenters. The number of nitrogens with zero attached hydrogens (tertiary/aromatic N) is 1. The van der Waals surface area contributed by atoms with Gasteiger partial charge >= 0.3 is 0 Å². The molecule has 1 saturated heterocycles. The third kappa shape index (κ3) is 2.33. The van der Waals surface area contributed by atoms with E-state index < -0.39 is 10.0 Å². The van der Waals surface area contributed by atoms with Gasteiger partial charge in [-0.25, -0.2) is 8.42 Å². The lowest BCUT2D eigenvalue weighted by Gasteiger charge is -2.32. The van der Waals surface area contributed by atoms with Crippen molar-refractivity contribution < 1.29 is 13.2 Å². The van der Waals surface area contributed by atoms with Crippen LogP contribution in [-0.2, 0) is 14.8 Å². The Kier molecular flexibility index (Phi) is 4.01. The fraction of sp³-hybridized carbons (Fsp3) is 0.556. The van der Waals surface area contributed by atoms with E-state index >= 15 is 0 Å². The summed E-state index contributed by atoms with van der Waals surface area (Å²) in [5, 5.41) is 2.37. The van der Waals surface area contributed by atoms with E-state index in [0.717, 1.165) is 0 Å². The molecule has 1 aromatic heterocycles. The van der Waals surface area contributed by atoms with Crippen LogP contribution in [0.15, 0.2) is 21.7 Å². The Morgan fingerprint density at radius 1 is 1.62 bits per heavy atom. The van der Waals surface area contributed by atoms with E-state index in [1.54, 1.807) is 17.5 Å². The molecule has 1 aromatic rings. The highest BCUT2D eigenvalue weighted by atomic mass is 79.9. The first-order valence-corrected chi connectivity index (χ1v) is 8.29. The minimum absolute atomic E-state index is 0.110. The van der Waals surface area contributed by atoms with Crippen LogP contribution >= 0.6 is 27.3 Å². The zero-order valence-corrected chi connectivity index (χ0v) is 11.7. The van der Waals surface area contributed by atoms with E-state index in [4.69, 9.17) is 4.74 Å². The van der Waals surface area contributed by atoms with Crippen molar-refractivity contribution >= 4 is 37.3 Å². The maximum atomic E-state index is 12.3. The zero-order chi connectivity index (χ0) is 11.6. The molecular weight excluding hydrogens is 314 g/mol. The average Bonchev–Trinajstić information content (AvgIpc) is 2.83. The van der Waals surface area contributed by atoms with Crippen LogP contribution in [-0.4, -0.2) is 43.9 Å². The van der Waals surface area contributed by atoms with Gasteiger partial charge in [-0.05, 0) is 11.4 Å². The Labute approximate surface area is 107 Å². The largest absolute Gasteiger partial charge is 0.378 e. The number of morpholine rings is 1. The van der Waals surface area contributed by atoms with Gasteiger partial charge in [0.2, 0.25) is 0 Å². The van der Waals surface area contributed by atoms with E-state index in [1.807, 2.05) is 0 Å². The summed E-state index contributed by atoms with van der Waals surface area (Å²) in [5.74, 6) is 0. The van der Waals surface area contributed by atoms with Crippen molar-refractivity contribution in [1.29, 1.82) is 0 Å². The summed E-state index contributed by atoms with van der Waals surface area (Å²) in [6.45, 7) is 1.35. The Morgan fingerprint density at radius 2 is 2.44 bits per heavy atom. The van der Waals surface area contributed by atoms with Crippen molar-refractivity contribution in [3.05, 3.63) is 17.5 Å². The standard InChI is InChI=1S/C9H12BrNO3S2/c10-6-8-7-14-4-3-11(8)16(12,13)9-2-1-5-15-9/h1-2,5,8H,3-4,6-7H2. The summed E-state index contributed by atoms with van der Waals surface area (Å²) in [6, 6.07) is 3.28. The van der Waals surface area contributed by atoms with Crippen LogP contribution in [0.4, 0.5) is 0 Å². The molecule has 0 aromatic carbocycles. The normalized spacial score (nSPS) is 23.4. The lowest BCUT2D eigenvalue weighted by molar-refractivity contribution is 0.0414. The summed E-state index contributed by atoms with van der Waals surface area (Å²) >= 11 is 4.57. The maximum absolute atomic E-state index is 12.3. The molecule has 1 fully saturated rings. The van der Waals surface area contributed by atoms with Gasteiger partial charge in [-0.2, -0.15) is 4.31 Å². The Morgan fingerprint density at radius 3 is 3.06 bits per heavy atom. The zero-order valence-electron chi connectivity index (χ0n) is 8.50. The Balaban J connectivity index is 2.28. The van der Waals surface area contributed by atoms with Gasteiger partial charge in [0.1, 0.15) is 4.21 Å². The summed E-state index contributed by atoms with van der Waals surface area (Å²) < 4.78 is 31.8. The number of ether oxygens (including phenoxy) is 1. The van der Waals surface area contributed by atoms with Crippen molar-refractivity contribution in [2.24, 2.45) is 0 Å². The molecule has 0 aliphatic carbocycles. The quantitative estimate of drug-likeness (QED) is 0.792. The van der Waals surface area contributed by atoms with Crippen molar-refractivity contribution in [1.82, 2.24) is 4.31 Å². The van der Waals surface area contributed by atoms with E-state index in [-0.39, 0.29) is 6.04 Å². The first-order valence-electron chi connectivity index (χ1n) is 4.85. The van der Waals surface area contributed by atoms with Crippen LogP contribution in [0.3, 0.4) is 0 Å². The monoisotopic (exact) mass is 325 g/mol. The van der Waals surface area contributed by atoms with Gasteiger partial charge in [0, 0.05) is 11.9 Å². The topological polar surface area (TPSA) is 46.6 Å². The number of thiophene rings is 1. The summed E-state index contributed by atoms with van der Waals surface area (Å²) in [6.07, 6.45) is 0. The lowest BCUT2D eigenvalue weighted by Crippen LogP contribution is -2.49. The molecule has 16 heavy (non-hydrogen) atoms. The molecule has 0 bridgehead atoms. The van der Waals surface area contributed by atoms with Gasteiger partial charge in [-0.15, -0.1) is 11.3 Å². The molecule has 4 nitrogen and oxygen atoms in total. The van der Waals surface area contributed by atoms with E-state index in [2.05, 4.69) is 15.9 Å². The Hall–Kier alpha value is 0.0500. The highest BCUT2D eigenvalue weighted by Crippen LogP contribution is 2.24.